The first-order chi connectivity index (χ1) is 34.9. The van der Waals surface area contributed by atoms with E-state index in [4.69, 9.17) is 19.3 Å². The van der Waals surface area contributed by atoms with E-state index >= 15 is 0 Å². The summed E-state index contributed by atoms with van der Waals surface area (Å²) in [6.45, 7) is 16.6. The summed E-state index contributed by atoms with van der Waals surface area (Å²) in [7, 11) is 1.00. The van der Waals surface area contributed by atoms with Gasteiger partial charge in [-0.1, -0.05) is 83.9 Å². The first-order valence-corrected chi connectivity index (χ1v) is 24.1. The highest BCUT2D eigenvalue weighted by atomic mass is 16.5. The molecule has 7 rings (SSSR count). The summed E-state index contributed by atoms with van der Waals surface area (Å²) < 4.78 is 18.6. The monoisotopic (exact) mass is 986 g/mol. The van der Waals surface area contributed by atoms with Crippen LogP contribution in [0.4, 0.5) is 0 Å². The maximum Gasteiger partial charge on any atom is 0.341 e. The van der Waals surface area contributed by atoms with Gasteiger partial charge in [0.1, 0.15) is 47.7 Å². The van der Waals surface area contributed by atoms with E-state index in [0.29, 0.717) is 53.1 Å². The fraction of sp³-hybridized carbons (Fsp3) is 0.274. The number of phenols is 3. The van der Waals surface area contributed by atoms with Gasteiger partial charge in [-0.3, -0.25) is 9.59 Å². The van der Waals surface area contributed by atoms with Crippen LogP contribution in [-0.2, 0) is 27.2 Å². The number of carboxylic acids is 1. The second-order valence-electron chi connectivity index (χ2n) is 18.9. The van der Waals surface area contributed by atoms with E-state index in [-0.39, 0.29) is 30.5 Å². The Kier molecular flexibility index (Phi) is 17.9. The summed E-state index contributed by atoms with van der Waals surface area (Å²) >= 11 is 0. The average molecular weight is 987 g/mol. The topological polar surface area (TPSA) is 180 Å². The number of carboxylic acid groups (broad SMARTS) is 1. The number of aryl methyl sites for hydroxylation is 9. The summed E-state index contributed by atoms with van der Waals surface area (Å²) in [5, 5.41) is 49.0. The summed E-state index contributed by atoms with van der Waals surface area (Å²) in [4.78, 5) is 35.7. The predicted molar refractivity (Wildman–Crippen MR) is 285 cm³/mol. The maximum atomic E-state index is 12.0. The number of aliphatic hydroxyl groups excluding tert-OH is 1. The minimum atomic E-state index is -1.11. The lowest BCUT2D eigenvalue weighted by Gasteiger charge is -2.27. The second kappa shape index (κ2) is 24.0. The van der Waals surface area contributed by atoms with Gasteiger partial charge in [-0.2, -0.15) is 0 Å². The van der Waals surface area contributed by atoms with Crippen LogP contribution in [0.5, 0.6) is 34.5 Å². The number of aliphatic hydroxyl groups is 1. The zero-order chi connectivity index (χ0) is 53.3. The van der Waals surface area contributed by atoms with Crippen LogP contribution in [0.15, 0.2) is 103 Å². The Morgan fingerprint density at radius 3 is 1.29 bits per heavy atom. The van der Waals surface area contributed by atoms with Crippen LogP contribution >= 0.6 is 0 Å². The highest BCUT2D eigenvalue weighted by Crippen LogP contribution is 2.45. The van der Waals surface area contributed by atoms with Crippen LogP contribution in [0.1, 0.15) is 118 Å². The van der Waals surface area contributed by atoms with Gasteiger partial charge in [0.15, 0.2) is 19.2 Å². The van der Waals surface area contributed by atoms with Crippen LogP contribution in [0.25, 0.3) is 0 Å². The number of rotatable bonds is 19. The summed E-state index contributed by atoms with van der Waals surface area (Å²) in [5.41, 5.74) is 16.5. The van der Waals surface area contributed by atoms with Crippen molar-refractivity contribution < 1.29 is 54.1 Å². The molecule has 0 amide bonds. The number of benzene rings is 7. The smallest absolute Gasteiger partial charge is 0.341 e. The number of carbonyl (C=O) groups excluding carboxylic acids is 2. The van der Waals surface area contributed by atoms with Crippen molar-refractivity contribution in [2.45, 2.75) is 87.0 Å². The Labute approximate surface area is 428 Å². The quantitative estimate of drug-likeness (QED) is 0.0384. The molecule has 0 heterocycles. The molecule has 0 saturated heterocycles. The Balaban J connectivity index is 0.00000429. The van der Waals surface area contributed by atoms with E-state index < -0.39 is 24.4 Å². The van der Waals surface area contributed by atoms with Crippen molar-refractivity contribution in [3.05, 3.63) is 209 Å². The number of hydrogen-bond donors (Lipinski definition) is 5. The first-order valence-electron chi connectivity index (χ1n) is 24.1. The average Bonchev–Trinajstić information content (AvgIpc) is 3.34. The molecule has 0 aliphatic carbocycles. The third-order valence-electron chi connectivity index (χ3n) is 13.3. The van der Waals surface area contributed by atoms with Gasteiger partial charge in [-0.25, -0.2) is 4.79 Å². The Morgan fingerprint density at radius 1 is 0.452 bits per heavy atom. The minimum absolute atomic E-state index is 0.168. The van der Waals surface area contributed by atoms with Gasteiger partial charge in [-0.05, 0) is 176 Å². The Hall–Kier alpha value is -7.89. The lowest BCUT2D eigenvalue weighted by atomic mass is 9.79. The second-order valence-corrected chi connectivity index (χ2v) is 18.9. The fourth-order valence-corrected chi connectivity index (χ4v) is 9.81. The first kappa shape index (κ1) is 54.4. The largest absolute Gasteiger partial charge is 0.508 e. The fourth-order valence-electron chi connectivity index (χ4n) is 9.81. The Bertz CT molecular complexity index is 3110. The highest BCUT2D eigenvalue weighted by molar-refractivity contribution is 5.69. The zero-order valence-electron chi connectivity index (χ0n) is 43.3. The van der Waals surface area contributed by atoms with Crippen LogP contribution in [0, 0.1) is 62.3 Å². The molecule has 0 spiro atoms. The van der Waals surface area contributed by atoms with E-state index in [0.717, 1.165) is 102 Å². The van der Waals surface area contributed by atoms with Crippen molar-refractivity contribution in [2.24, 2.45) is 0 Å². The SMILES string of the molecule is CO.Cc1cc(Cc2ccc(OCC=O)c(C(c3cc(C)c(O)cc3C)c3cc(C)c(O)cc3C)c2)c(OCC=O)c(Cc2ccc(OCC(=O)O)c(C(c3cc(C)ccc3C)c3cc(C)c(O)cc3C)c2)c1. The molecule has 1 unspecified atom stereocenters. The van der Waals surface area contributed by atoms with Crippen LogP contribution in [0.2, 0.25) is 0 Å². The molecule has 0 radical (unpaired) electrons. The Morgan fingerprint density at radius 2 is 0.863 bits per heavy atom. The van der Waals surface area contributed by atoms with Crippen LogP contribution in [-0.4, -0.2) is 71.0 Å². The van der Waals surface area contributed by atoms with Crippen molar-refractivity contribution >= 4 is 18.5 Å². The van der Waals surface area contributed by atoms with Crippen molar-refractivity contribution in [1.29, 1.82) is 0 Å². The number of aliphatic carboxylic acids is 1. The van der Waals surface area contributed by atoms with E-state index in [1.807, 2.05) is 97.9 Å². The number of phenolic OH excluding ortho intramolecular Hbond substituents is 3. The third kappa shape index (κ3) is 12.6. The molecule has 380 valence electrons. The molecule has 11 heteroatoms. The molecule has 0 aromatic heterocycles. The van der Waals surface area contributed by atoms with Crippen molar-refractivity contribution in [3.8, 4) is 34.5 Å². The van der Waals surface area contributed by atoms with E-state index in [9.17, 15) is 34.8 Å². The van der Waals surface area contributed by atoms with Crippen molar-refractivity contribution in [3.63, 3.8) is 0 Å². The lowest BCUT2D eigenvalue weighted by molar-refractivity contribution is -0.139. The summed E-state index contributed by atoms with van der Waals surface area (Å²) in [6, 6.07) is 33.3. The number of aldehydes is 2. The van der Waals surface area contributed by atoms with Gasteiger partial charge in [-0.15, -0.1) is 0 Å². The molecule has 0 saturated carbocycles. The molecular formula is C62H66O11. The van der Waals surface area contributed by atoms with Gasteiger partial charge in [0.25, 0.3) is 0 Å². The highest BCUT2D eigenvalue weighted by Gasteiger charge is 2.29. The van der Waals surface area contributed by atoms with Gasteiger partial charge in [0, 0.05) is 42.9 Å². The number of aromatic hydroxyl groups is 3. The van der Waals surface area contributed by atoms with Crippen LogP contribution < -0.4 is 14.2 Å². The number of ether oxygens (including phenoxy) is 3. The number of hydrogen-bond acceptors (Lipinski definition) is 10. The van der Waals surface area contributed by atoms with Gasteiger partial charge >= 0.3 is 5.97 Å². The molecule has 0 aliphatic rings. The molecule has 7 aromatic carbocycles. The van der Waals surface area contributed by atoms with E-state index in [2.05, 4.69) is 49.4 Å². The van der Waals surface area contributed by atoms with E-state index in [1.165, 1.54) is 0 Å². The molecule has 5 N–H and O–H groups in total. The van der Waals surface area contributed by atoms with Crippen molar-refractivity contribution in [1.82, 2.24) is 0 Å². The molecular weight excluding hydrogens is 921 g/mol. The summed E-state index contributed by atoms with van der Waals surface area (Å²) in [5.74, 6) is 0.0664. The van der Waals surface area contributed by atoms with Crippen LogP contribution in [0.3, 0.4) is 0 Å². The molecule has 7 aromatic rings. The summed E-state index contributed by atoms with van der Waals surface area (Å²) in [6.07, 6.45) is 2.21. The molecule has 73 heavy (non-hydrogen) atoms. The van der Waals surface area contributed by atoms with E-state index in [1.54, 1.807) is 18.2 Å². The predicted octanol–water partition coefficient (Wildman–Crippen LogP) is 11.3. The molecule has 0 bridgehead atoms. The molecule has 1 atom stereocenters. The normalized spacial score (nSPS) is 11.4. The molecule has 11 nitrogen and oxygen atoms in total. The number of carbonyl (C=O) groups is 3. The van der Waals surface area contributed by atoms with Gasteiger partial charge in [0.05, 0.1) is 0 Å². The standard InChI is InChI=1S/C61H62O10.CH4O/c1-34-10-11-36(3)47(22-34)59(48-23-40(7)53(64)26-37(48)4)52-32-44(13-15-57(52)71-33-58(67)68)30-46-21-35(2)20-45(61(46)70-19-17-63)29-43-12-14-56(69-18-16-62)51(31-43)60(49-24-41(8)54(65)27-38(49)5)50-25-42(9)55(66)28-39(50)6;1-2/h10-17,20-28,31-32,59-60,64-66H,18-19,29-30,33H2,1-9H3,(H,67,68);2H,1H3. The zero-order valence-corrected chi connectivity index (χ0v) is 43.3. The van der Waals surface area contributed by atoms with Gasteiger partial charge < -0.3 is 39.7 Å². The van der Waals surface area contributed by atoms with Crippen molar-refractivity contribution in [2.75, 3.05) is 26.9 Å². The minimum Gasteiger partial charge on any atom is -0.508 e. The molecule has 0 fully saturated rings. The third-order valence-corrected chi connectivity index (χ3v) is 13.3. The van der Waals surface area contributed by atoms with Gasteiger partial charge in [0.2, 0.25) is 0 Å². The maximum absolute atomic E-state index is 12.0. The molecule has 0 aliphatic heterocycles. The lowest BCUT2D eigenvalue weighted by Crippen LogP contribution is -2.14.